The standard InChI is InChI=1S/C17H24O4/c1-3-12-5-4-6-14(9-12)21-11-13-7-8-16(20-2)15(10-13)17(18)19/h7-8,10,12,14H,3-6,9,11H2,1-2H3,(H,18,19). The number of rotatable bonds is 6. The molecule has 1 N–H and O–H groups in total. The highest BCUT2D eigenvalue weighted by molar-refractivity contribution is 5.91. The number of benzene rings is 1. The van der Waals surface area contributed by atoms with E-state index in [9.17, 15) is 9.90 Å². The lowest BCUT2D eigenvalue weighted by molar-refractivity contribution is 0.00174. The first-order valence-corrected chi connectivity index (χ1v) is 7.65. The molecule has 0 spiro atoms. The average Bonchev–Trinajstić information content (AvgIpc) is 2.52. The third-order valence-electron chi connectivity index (χ3n) is 4.29. The van der Waals surface area contributed by atoms with Gasteiger partial charge in [-0.05, 0) is 36.5 Å². The Morgan fingerprint density at radius 3 is 2.86 bits per heavy atom. The molecule has 0 bridgehead atoms. The van der Waals surface area contributed by atoms with Gasteiger partial charge in [0.25, 0.3) is 0 Å². The highest BCUT2D eigenvalue weighted by Gasteiger charge is 2.21. The van der Waals surface area contributed by atoms with Crippen molar-refractivity contribution in [3.63, 3.8) is 0 Å². The number of carboxylic acid groups (broad SMARTS) is 1. The van der Waals surface area contributed by atoms with Gasteiger partial charge in [0.15, 0.2) is 0 Å². The van der Waals surface area contributed by atoms with Crippen LogP contribution in [0.2, 0.25) is 0 Å². The minimum Gasteiger partial charge on any atom is -0.496 e. The maximum absolute atomic E-state index is 11.2. The number of aromatic carboxylic acids is 1. The van der Waals surface area contributed by atoms with E-state index in [1.165, 1.54) is 26.4 Å². The predicted octanol–water partition coefficient (Wildman–Crippen LogP) is 3.88. The summed E-state index contributed by atoms with van der Waals surface area (Å²) in [5.41, 5.74) is 1.07. The molecule has 1 saturated carbocycles. The van der Waals surface area contributed by atoms with Crippen LogP contribution in [0.25, 0.3) is 0 Å². The Balaban J connectivity index is 1.97. The number of carbonyl (C=O) groups is 1. The maximum atomic E-state index is 11.2. The van der Waals surface area contributed by atoms with Crippen molar-refractivity contribution in [1.82, 2.24) is 0 Å². The van der Waals surface area contributed by atoms with Gasteiger partial charge in [-0.3, -0.25) is 0 Å². The quantitative estimate of drug-likeness (QED) is 0.864. The van der Waals surface area contributed by atoms with Crippen molar-refractivity contribution < 1.29 is 19.4 Å². The van der Waals surface area contributed by atoms with E-state index < -0.39 is 5.97 Å². The normalized spacial score (nSPS) is 22.0. The van der Waals surface area contributed by atoms with Gasteiger partial charge in [0.05, 0.1) is 19.8 Å². The molecule has 4 heteroatoms. The molecule has 1 aromatic rings. The monoisotopic (exact) mass is 292 g/mol. The van der Waals surface area contributed by atoms with Gasteiger partial charge in [-0.1, -0.05) is 32.3 Å². The van der Waals surface area contributed by atoms with Gasteiger partial charge in [0.1, 0.15) is 11.3 Å². The van der Waals surface area contributed by atoms with Crippen LogP contribution in [0.3, 0.4) is 0 Å². The minimum absolute atomic E-state index is 0.189. The van der Waals surface area contributed by atoms with E-state index in [-0.39, 0.29) is 5.56 Å². The lowest BCUT2D eigenvalue weighted by Crippen LogP contribution is -2.22. The van der Waals surface area contributed by atoms with Gasteiger partial charge in [-0.25, -0.2) is 4.79 Å². The van der Waals surface area contributed by atoms with Crippen molar-refractivity contribution in [2.45, 2.75) is 51.7 Å². The molecule has 1 aliphatic carbocycles. The van der Waals surface area contributed by atoms with Crippen LogP contribution in [-0.2, 0) is 11.3 Å². The molecular weight excluding hydrogens is 268 g/mol. The Kier molecular flexibility index (Phi) is 5.62. The molecule has 1 fully saturated rings. The fourth-order valence-electron chi connectivity index (χ4n) is 2.99. The van der Waals surface area contributed by atoms with Crippen molar-refractivity contribution in [3.8, 4) is 5.75 Å². The van der Waals surface area contributed by atoms with E-state index in [1.54, 1.807) is 12.1 Å². The van der Waals surface area contributed by atoms with E-state index in [1.807, 2.05) is 6.07 Å². The molecule has 116 valence electrons. The molecule has 2 rings (SSSR count). The largest absolute Gasteiger partial charge is 0.496 e. The van der Waals surface area contributed by atoms with Crippen LogP contribution in [-0.4, -0.2) is 24.3 Å². The van der Waals surface area contributed by atoms with Gasteiger partial charge in [0, 0.05) is 0 Å². The van der Waals surface area contributed by atoms with Crippen molar-refractivity contribution in [2.24, 2.45) is 5.92 Å². The summed E-state index contributed by atoms with van der Waals surface area (Å²) in [6.45, 7) is 2.70. The number of hydrogen-bond acceptors (Lipinski definition) is 3. The zero-order valence-corrected chi connectivity index (χ0v) is 12.8. The zero-order valence-electron chi connectivity index (χ0n) is 12.8. The summed E-state index contributed by atoms with van der Waals surface area (Å²) in [5.74, 6) is 0.182. The molecule has 0 aromatic heterocycles. The third-order valence-corrected chi connectivity index (χ3v) is 4.29. The molecule has 1 aromatic carbocycles. The second-order valence-electron chi connectivity index (χ2n) is 5.71. The molecule has 2 atom stereocenters. The predicted molar refractivity (Wildman–Crippen MR) is 80.8 cm³/mol. The molecule has 0 heterocycles. The van der Waals surface area contributed by atoms with Crippen LogP contribution in [0.15, 0.2) is 18.2 Å². The summed E-state index contributed by atoms with van der Waals surface area (Å²) in [4.78, 5) is 11.2. The second kappa shape index (κ2) is 7.46. The molecular formula is C17H24O4. The lowest BCUT2D eigenvalue weighted by atomic mass is 9.85. The highest BCUT2D eigenvalue weighted by Crippen LogP contribution is 2.29. The average molecular weight is 292 g/mol. The SMILES string of the molecule is CCC1CCCC(OCc2ccc(OC)c(C(=O)O)c2)C1. The smallest absolute Gasteiger partial charge is 0.339 e. The fraction of sp³-hybridized carbons (Fsp3) is 0.588. The van der Waals surface area contributed by atoms with Crippen molar-refractivity contribution in [1.29, 1.82) is 0 Å². The molecule has 0 amide bonds. The van der Waals surface area contributed by atoms with Crippen LogP contribution in [0.4, 0.5) is 0 Å². The Morgan fingerprint density at radius 2 is 2.19 bits per heavy atom. The van der Waals surface area contributed by atoms with Gasteiger partial charge >= 0.3 is 5.97 Å². The van der Waals surface area contributed by atoms with E-state index >= 15 is 0 Å². The van der Waals surface area contributed by atoms with Crippen LogP contribution in [0, 0.1) is 5.92 Å². The van der Waals surface area contributed by atoms with E-state index in [0.717, 1.165) is 24.3 Å². The van der Waals surface area contributed by atoms with Gasteiger partial charge in [0.2, 0.25) is 0 Å². The summed E-state index contributed by atoms with van der Waals surface area (Å²) in [7, 11) is 1.48. The second-order valence-corrected chi connectivity index (χ2v) is 5.71. The Labute approximate surface area is 126 Å². The summed E-state index contributed by atoms with van der Waals surface area (Å²) >= 11 is 0. The minimum atomic E-state index is -0.975. The topological polar surface area (TPSA) is 55.8 Å². The lowest BCUT2D eigenvalue weighted by Gasteiger charge is -2.28. The van der Waals surface area contributed by atoms with Gasteiger partial charge in [-0.2, -0.15) is 0 Å². The number of carboxylic acids is 1. The fourth-order valence-corrected chi connectivity index (χ4v) is 2.99. The van der Waals surface area contributed by atoms with E-state index in [4.69, 9.17) is 9.47 Å². The number of ether oxygens (including phenoxy) is 2. The van der Waals surface area contributed by atoms with E-state index in [2.05, 4.69) is 6.92 Å². The Morgan fingerprint density at radius 1 is 1.38 bits per heavy atom. The first-order valence-electron chi connectivity index (χ1n) is 7.65. The maximum Gasteiger partial charge on any atom is 0.339 e. The first-order chi connectivity index (χ1) is 10.1. The van der Waals surface area contributed by atoms with Crippen LogP contribution < -0.4 is 4.74 Å². The molecule has 0 radical (unpaired) electrons. The van der Waals surface area contributed by atoms with Crippen molar-refractivity contribution in [2.75, 3.05) is 7.11 Å². The summed E-state index contributed by atoms with van der Waals surface area (Å²) < 4.78 is 11.0. The number of methoxy groups -OCH3 is 1. The third kappa shape index (κ3) is 4.21. The van der Waals surface area contributed by atoms with Gasteiger partial charge < -0.3 is 14.6 Å². The Bertz CT molecular complexity index is 484. The summed E-state index contributed by atoms with van der Waals surface area (Å²) in [6.07, 6.45) is 6.29. The van der Waals surface area contributed by atoms with Crippen LogP contribution in [0.1, 0.15) is 54.9 Å². The highest BCUT2D eigenvalue weighted by atomic mass is 16.5. The van der Waals surface area contributed by atoms with Crippen LogP contribution >= 0.6 is 0 Å². The zero-order chi connectivity index (χ0) is 15.2. The molecule has 0 saturated heterocycles. The first kappa shape index (κ1) is 15.8. The molecule has 1 aliphatic rings. The van der Waals surface area contributed by atoms with Gasteiger partial charge in [-0.15, -0.1) is 0 Å². The van der Waals surface area contributed by atoms with E-state index in [0.29, 0.717) is 18.5 Å². The number of hydrogen-bond donors (Lipinski definition) is 1. The summed E-state index contributed by atoms with van der Waals surface area (Å²) in [5, 5.41) is 9.18. The van der Waals surface area contributed by atoms with Crippen molar-refractivity contribution >= 4 is 5.97 Å². The Hall–Kier alpha value is -1.55. The molecule has 21 heavy (non-hydrogen) atoms. The molecule has 2 unspecified atom stereocenters. The molecule has 4 nitrogen and oxygen atoms in total. The summed E-state index contributed by atoms with van der Waals surface area (Å²) in [6, 6.07) is 5.20. The molecule has 0 aliphatic heterocycles. The van der Waals surface area contributed by atoms with Crippen LogP contribution in [0.5, 0.6) is 5.75 Å². The van der Waals surface area contributed by atoms with Crippen molar-refractivity contribution in [3.05, 3.63) is 29.3 Å².